The number of esters is 1. The molecule has 148 valence electrons. The normalized spacial score (nSPS) is 34.6. The van der Waals surface area contributed by atoms with Crippen LogP contribution in [-0.2, 0) is 14.3 Å². The van der Waals surface area contributed by atoms with Gasteiger partial charge in [0.25, 0.3) is 0 Å². The molecule has 0 amide bonds. The first-order chi connectivity index (χ1) is 12.7. The van der Waals surface area contributed by atoms with Crippen LogP contribution in [0.2, 0.25) is 0 Å². The second kappa shape index (κ2) is 7.17. The molecule has 3 rings (SSSR count). The van der Waals surface area contributed by atoms with Crippen LogP contribution in [-0.4, -0.2) is 17.0 Å². The number of furan rings is 1. The molecule has 5 nitrogen and oxygen atoms in total. The molecule has 1 aromatic heterocycles. The maximum absolute atomic E-state index is 12.1. The Labute approximate surface area is 160 Å². The fourth-order valence-electron chi connectivity index (χ4n) is 5.77. The monoisotopic (exact) mass is 374 g/mol. The van der Waals surface area contributed by atoms with Crippen molar-refractivity contribution in [1.29, 1.82) is 0 Å². The molecule has 1 heterocycles. The van der Waals surface area contributed by atoms with Crippen molar-refractivity contribution in [2.75, 3.05) is 0 Å². The largest absolute Gasteiger partial charge is 0.481 e. The van der Waals surface area contributed by atoms with Crippen LogP contribution in [0.3, 0.4) is 0 Å². The number of hydrogen-bond acceptors (Lipinski definition) is 4. The van der Waals surface area contributed by atoms with Gasteiger partial charge in [-0.15, -0.1) is 0 Å². The van der Waals surface area contributed by atoms with E-state index in [2.05, 4.69) is 13.5 Å². The minimum Gasteiger partial charge on any atom is -0.481 e. The highest BCUT2D eigenvalue weighted by Crippen LogP contribution is 2.62. The van der Waals surface area contributed by atoms with Gasteiger partial charge in [0.1, 0.15) is 6.10 Å². The maximum Gasteiger partial charge on any atom is 0.309 e. The van der Waals surface area contributed by atoms with E-state index in [1.807, 2.05) is 13.0 Å². The average molecular weight is 374 g/mol. The van der Waals surface area contributed by atoms with Gasteiger partial charge in [0.05, 0.1) is 17.9 Å². The number of hydrogen-bond donors (Lipinski definition) is 1. The smallest absolute Gasteiger partial charge is 0.309 e. The summed E-state index contributed by atoms with van der Waals surface area (Å²) < 4.78 is 10.8. The van der Waals surface area contributed by atoms with Crippen molar-refractivity contribution in [3.05, 3.63) is 36.3 Å². The second-order valence-corrected chi connectivity index (χ2v) is 8.77. The van der Waals surface area contributed by atoms with Gasteiger partial charge in [-0.1, -0.05) is 25.5 Å². The van der Waals surface area contributed by atoms with Gasteiger partial charge in [-0.25, -0.2) is 0 Å². The van der Waals surface area contributed by atoms with E-state index in [9.17, 15) is 14.7 Å². The molecule has 0 aromatic carbocycles. The topological polar surface area (TPSA) is 76.7 Å². The van der Waals surface area contributed by atoms with Crippen molar-refractivity contribution >= 4 is 11.9 Å². The van der Waals surface area contributed by atoms with Crippen LogP contribution < -0.4 is 0 Å². The Morgan fingerprint density at radius 1 is 1.41 bits per heavy atom. The summed E-state index contributed by atoms with van der Waals surface area (Å²) in [5, 5.41) is 9.95. The summed E-state index contributed by atoms with van der Waals surface area (Å²) in [6, 6.07) is 1.82. The van der Waals surface area contributed by atoms with E-state index < -0.39 is 17.5 Å². The van der Waals surface area contributed by atoms with Gasteiger partial charge in [-0.05, 0) is 62.3 Å². The molecule has 2 aliphatic rings. The van der Waals surface area contributed by atoms with Crippen molar-refractivity contribution in [2.24, 2.45) is 22.7 Å². The minimum atomic E-state index is -0.710. The number of aliphatic carboxylic acids is 1. The van der Waals surface area contributed by atoms with Crippen LogP contribution in [0.15, 0.2) is 35.2 Å². The molecule has 2 fully saturated rings. The summed E-state index contributed by atoms with van der Waals surface area (Å²) in [5.74, 6) is -0.831. The zero-order chi connectivity index (χ0) is 19.8. The summed E-state index contributed by atoms with van der Waals surface area (Å²) in [7, 11) is 0. The number of allylic oxidation sites excluding steroid dienone is 1. The number of rotatable bonds is 5. The van der Waals surface area contributed by atoms with Gasteiger partial charge in [-0.2, -0.15) is 0 Å². The van der Waals surface area contributed by atoms with Crippen LogP contribution in [0, 0.1) is 22.7 Å². The molecule has 0 saturated heterocycles. The summed E-state index contributed by atoms with van der Waals surface area (Å²) in [5.41, 5.74) is 1.10. The minimum absolute atomic E-state index is 0.0917. The second-order valence-electron chi connectivity index (χ2n) is 8.77. The molecular formula is C22H30O5. The van der Waals surface area contributed by atoms with E-state index >= 15 is 0 Å². The van der Waals surface area contributed by atoms with Gasteiger partial charge < -0.3 is 14.3 Å². The third kappa shape index (κ3) is 3.44. The summed E-state index contributed by atoms with van der Waals surface area (Å²) in [6.45, 7) is 9.86. The van der Waals surface area contributed by atoms with Crippen LogP contribution in [0.5, 0.6) is 0 Å². The van der Waals surface area contributed by atoms with Gasteiger partial charge in [0, 0.05) is 12.5 Å². The molecule has 0 aliphatic heterocycles. The molecule has 1 aromatic rings. The van der Waals surface area contributed by atoms with Gasteiger partial charge in [-0.3, -0.25) is 9.59 Å². The van der Waals surface area contributed by atoms with Gasteiger partial charge in [0.15, 0.2) is 0 Å². The lowest BCUT2D eigenvalue weighted by atomic mass is 9.46. The molecule has 5 atom stereocenters. The summed E-state index contributed by atoms with van der Waals surface area (Å²) in [6.07, 6.45) is 7.67. The zero-order valence-electron chi connectivity index (χ0n) is 16.5. The van der Waals surface area contributed by atoms with E-state index in [1.165, 1.54) is 6.92 Å². The van der Waals surface area contributed by atoms with Crippen molar-refractivity contribution in [2.45, 2.75) is 65.4 Å². The molecular weight excluding hydrogens is 344 g/mol. The van der Waals surface area contributed by atoms with Crippen molar-refractivity contribution in [1.82, 2.24) is 0 Å². The summed E-state index contributed by atoms with van der Waals surface area (Å²) in [4.78, 5) is 23.8. The number of fused-ring (bicyclic) bond motifs is 1. The van der Waals surface area contributed by atoms with E-state index in [4.69, 9.17) is 9.15 Å². The van der Waals surface area contributed by atoms with Crippen LogP contribution in [0.1, 0.15) is 71.0 Å². The molecule has 5 heteroatoms. The van der Waals surface area contributed by atoms with Gasteiger partial charge >= 0.3 is 11.9 Å². The number of carboxylic acids is 1. The van der Waals surface area contributed by atoms with Gasteiger partial charge in [0.2, 0.25) is 0 Å². The SMILES string of the molecule is C=C1CCC2[C@](C)(C(=O)O)CCC[C@@]2(C)[C@@H]1C[C@@H](OC(C)=O)c1ccoc1. The first-order valence-electron chi connectivity index (χ1n) is 9.79. The molecule has 0 spiro atoms. The molecule has 27 heavy (non-hydrogen) atoms. The average Bonchev–Trinajstić information content (AvgIpc) is 3.11. The van der Waals surface area contributed by atoms with Crippen LogP contribution >= 0.6 is 0 Å². The highest BCUT2D eigenvalue weighted by Gasteiger charge is 2.57. The molecule has 0 radical (unpaired) electrons. The molecule has 1 unspecified atom stereocenters. The van der Waals surface area contributed by atoms with E-state index in [0.717, 1.165) is 43.2 Å². The predicted molar refractivity (Wildman–Crippen MR) is 101 cm³/mol. The van der Waals surface area contributed by atoms with Crippen molar-refractivity contribution in [3.8, 4) is 0 Å². The quantitative estimate of drug-likeness (QED) is 0.570. The van der Waals surface area contributed by atoms with Crippen LogP contribution in [0.25, 0.3) is 0 Å². The van der Waals surface area contributed by atoms with E-state index in [1.54, 1.807) is 12.5 Å². The number of ether oxygens (including phenoxy) is 1. The lowest BCUT2D eigenvalue weighted by Gasteiger charge is -2.57. The Morgan fingerprint density at radius 3 is 2.74 bits per heavy atom. The molecule has 0 bridgehead atoms. The highest BCUT2D eigenvalue weighted by molar-refractivity contribution is 5.75. The predicted octanol–water partition coefficient (Wildman–Crippen LogP) is 5.14. The Morgan fingerprint density at radius 2 is 2.15 bits per heavy atom. The summed E-state index contributed by atoms with van der Waals surface area (Å²) >= 11 is 0. The number of carbonyl (C=O) groups is 2. The Kier molecular flexibility index (Phi) is 5.24. The first-order valence-corrected chi connectivity index (χ1v) is 9.79. The van der Waals surface area contributed by atoms with Crippen molar-refractivity contribution < 1.29 is 23.8 Å². The third-order valence-corrected chi connectivity index (χ3v) is 7.18. The lowest BCUT2D eigenvalue weighted by molar-refractivity contribution is -0.165. The standard InChI is InChI=1S/C22H30O5/c1-14-6-7-19-21(3,9-5-10-22(19,4)20(24)25)17(14)12-18(27-15(2)23)16-8-11-26-13-16/h8,11,13,17-19H,1,5-7,9-10,12H2,2-4H3,(H,24,25)/t17-,18-,19?,21+,22-/m1/s1. The Bertz CT molecular complexity index is 721. The van der Waals surface area contributed by atoms with E-state index in [0.29, 0.717) is 6.42 Å². The Balaban J connectivity index is 1.94. The first kappa shape index (κ1) is 19.7. The fraction of sp³-hybridized carbons (Fsp3) is 0.636. The lowest BCUT2D eigenvalue weighted by Crippen LogP contribution is -2.53. The highest BCUT2D eigenvalue weighted by atomic mass is 16.5. The number of carbonyl (C=O) groups excluding carboxylic acids is 1. The molecule has 2 saturated carbocycles. The zero-order valence-corrected chi connectivity index (χ0v) is 16.5. The molecule has 1 N–H and O–H groups in total. The van der Waals surface area contributed by atoms with Crippen LogP contribution in [0.4, 0.5) is 0 Å². The van der Waals surface area contributed by atoms with E-state index in [-0.39, 0.29) is 23.2 Å². The third-order valence-electron chi connectivity index (χ3n) is 7.18. The molecule has 2 aliphatic carbocycles. The number of carboxylic acid groups (broad SMARTS) is 1. The maximum atomic E-state index is 12.1. The fourth-order valence-corrected chi connectivity index (χ4v) is 5.77. The Hall–Kier alpha value is -2.04. The van der Waals surface area contributed by atoms with Crippen molar-refractivity contribution in [3.63, 3.8) is 0 Å².